The average molecular weight is 387 g/mol. The number of fused-ring (bicyclic) bond motifs is 1. The van der Waals surface area contributed by atoms with Gasteiger partial charge in [0.1, 0.15) is 6.29 Å². The van der Waals surface area contributed by atoms with Gasteiger partial charge < -0.3 is 9.80 Å². The highest BCUT2D eigenvalue weighted by molar-refractivity contribution is 5.77. The first-order valence-corrected chi connectivity index (χ1v) is 11.1. The third kappa shape index (κ3) is 3.89. The van der Waals surface area contributed by atoms with Crippen LogP contribution < -0.4 is 4.90 Å². The van der Waals surface area contributed by atoms with Crippen molar-refractivity contribution >= 4 is 17.5 Å². The highest BCUT2D eigenvalue weighted by atomic mass is 16.1. The lowest BCUT2D eigenvalue weighted by Crippen LogP contribution is -2.21. The number of hydrogen-bond donors (Lipinski definition) is 0. The van der Waals surface area contributed by atoms with Gasteiger partial charge in [0.15, 0.2) is 0 Å². The van der Waals surface area contributed by atoms with Gasteiger partial charge in [-0.25, -0.2) is 0 Å². The van der Waals surface area contributed by atoms with Crippen LogP contribution in [0.4, 0.5) is 5.69 Å². The maximum Gasteiger partial charge on any atom is 0.150 e. The number of aldehydes is 1. The van der Waals surface area contributed by atoms with E-state index >= 15 is 0 Å². The highest BCUT2D eigenvalue weighted by Crippen LogP contribution is 2.44. The number of rotatable bonds is 6. The summed E-state index contributed by atoms with van der Waals surface area (Å²) in [5, 5.41) is 0. The number of allylic oxidation sites excluding steroid dienone is 1. The summed E-state index contributed by atoms with van der Waals surface area (Å²) >= 11 is 0. The van der Waals surface area contributed by atoms with Crippen molar-refractivity contribution in [1.29, 1.82) is 0 Å². The summed E-state index contributed by atoms with van der Waals surface area (Å²) in [7, 11) is 0. The standard InChI is InChI=1S/C26H30N2O/c29-19-21-4-3-5-24(16-21)28-17-23-10-11-25(26(23)18-28)22-8-6-20(7-9-22)12-15-27-13-1-2-14-27/h3-9,11,16,19,23,26H,1-2,10,12-15,17-18H2. The van der Waals surface area contributed by atoms with Crippen LogP contribution in [0.2, 0.25) is 0 Å². The van der Waals surface area contributed by atoms with Crippen molar-refractivity contribution in [3.05, 3.63) is 71.3 Å². The summed E-state index contributed by atoms with van der Waals surface area (Å²) in [5.41, 5.74) is 6.32. The van der Waals surface area contributed by atoms with Crippen LogP contribution in [0.25, 0.3) is 5.57 Å². The summed E-state index contributed by atoms with van der Waals surface area (Å²) in [5.74, 6) is 1.30. The van der Waals surface area contributed by atoms with Crippen molar-refractivity contribution in [3.8, 4) is 0 Å². The van der Waals surface area contributed by atoms with E-state index in [-0.39, 0.29) is 0 Å². The van der Waals surface area contributed by atoms with E-state index in [1.807, 2.05) is 18.2 Å². The number of anilines is 1. The third-order valence-electron chi connectivity index (χ3n) is 7.06. The summed E-state index contributed by atoms with van der Waals surface area (Å²) in [6, 6.07) is 17.4. The van der Waals surface area contributed by atoms with Gasteiger partial charge in [0, 0.05) is 36.8 Å². The Hall–Kier alpha value is -2.39. The van der Waals surface area contributed by atoms with E-state index in [9.17, 15) is 4.79 Å². The van der Waals surface area contributed by atoms with Crippen LogP contribution in [0.15, 0.2) is 54.6 Å². The van der Waals surface area contributed by atoms with Crippen molar-refractivity contribution < 1.29 is 4.79 Å². The van der Waals surface area contributed by atoms with E-state index in [2.05, 4.69) is 46.2 Å². The van der Waals surface area contributed by atoms with Crippen molar-refractivity contribution in [2.45, 2.75) is 25.7 Å². The molecule has 0 bridgehead atoms. The van der Waals surface area contributed by atoms with Crippen LogP contribution in [-0.4, -0.2) is 43.9 Å². The quantitative estimate of drug-likeness (QED) is 0.674. The van der Waals surface area contributed by atoms with Gasteiger partial charge in [0.2, 0.25) is 0 Å². The van der Waals surface area contributed by atoms with Crippen LogP contribution in [0.3, 0.4) is 0 Å². The molecule has 0 radical (unpaired) electrons. The van der Waals surface area contributed by atoms with Crippen LogP contribution >= 0.6 is 0 Å². The predicted octanol–water partition coefficient (Wildman–Crippen LogP) is 4.68. The number of likely N-dealkylation sites (tertiary alicyclic amines) is 1. The molecule has 0 N–H and O–H groups in total. The van der Waals surface area contributed by atoms with E-state index in [0.29, 0.717) is 11.8 Å². The molecule has 2 aromatic rings. The molecule has 0 spiro atoms. The number of hydrogen-bond acceptors (Lipinski definition) is 3. The number of carbonyl (C=O) groups is 1. The first kappa shape index (κ1) is 18.6. The van der Waals surface area contributed by atoms with E-state index < -0.39 is 0 Å². The Morgan fingerprint density at radius 2 is 1.83 bits per heavy atom. The first-order valence-electron chi connectivity index (χ1n) is 11.1. The number of benzene rings is 2. The Bertz CT molecular complexity index is 895. The molecule has 2 fully saturated rings. The lowest BCUT2D eigenvalue weighted by Gasteiger charge is -2.20. The number of nitrogens with zero attached hydrogens (tertiary/aromatic N) is 2. The molecule has 2 atom stereocenters. The van der Waals surface area contributed by atoms with Crippen molar-refractivity contribution in [3.63, 3.8) is 0 Å². The lowest BCUT2D eigenvalue weighted by atomic mass is 9.90. The van der Waals surface area contributed by atoms with Crippen LogP contribution in [0.5, 0.6) is 0 Å². The molecule has 2 aromatic carbocycles. The molecule has 0 aromatic heterocycles. The van der Waals surface area contributed by atoms with Gasteiger partial charge in [-0.05, 0) is 73.5 Å². The Morgan fingerprint density at radius 3 is 2.62 bits per heavy atom. The Kier molecular flexibility index (Phi) is 5.24. The maximum absolute atomic E-state index is 11.1. The molecule has 3 aliphatic rings. The smallest absolute Gasteiger partial charge is 0.150 e. The molecule has 3 nitrogen and oxygen atoms in total. The minimum Gasteiger partial charge on any atom is -0.371 e. The average Bonchev–Trinajstić information content (AvgIpc) is 3.50. The van der Waals surface area contributed by atoms with E-state index in [0.717, 1.165) is 31.4 Å². The predicted molar refractivity (Wildman–Crippen MR) is 119 cm³/mol. The highest BCUT2D eigenvalue weighted by Gasteiger charge is 2.38. The molecule has 2 saturated heterocycles. The molecule has 2 heterocycles. The summed E-state index contributed by atoms with van der Waals surface area (Å²) in [6.45, 7) is 5.89. The van der Waals surface area contributed by atoms with Gasteiger partial charge in [-0.1, -0.05) is 42.5 Å². The largest absolute Gasteiger partial charge is 0.371 e. The van der Waals surface area contributed by atoms with E-state index in [4.69, 9.17) is 0 Å². The Balaban J connectivity index is 1.24. The Morgan fingerprint density at radius 1 is 1.00 bits per heavy atom. The topological polar surface area (TPSA) is 23.6 Å². The molecule has 29 heavy (non-hydrogen) atoms. The Labute approximate surface area is 174 Å². The second-order valence-electron chi connectivity index (χ2n) is 8.88. The molecule has 2 aliphatic heterocycles. The zero-order valence-corrected chi connectivity index (χ0v) is 17.1. The van der Waals surface area contributed by atoms with Gasteiger partial charge in [0.05, 0.1) is 0 Å². The number of carbonyl (C=O) groups excluding carboxylic acids is 1. The monoisotopic (exact) mass is 386 g/mol. The second kappa shape index (κ2) is 8.16. The van der Waals surface area contributed by atoms with Gasteiger partial charge in [-0.15, -0.1) is 0 Å². The van der Waals surface area contributed by atoms with Gasteiger partial charge in [0.25, 0.3) is 0 Å². The van der Waals surface area contributed by atoms with Crippen LogP contribution in [0.1, 0.15) is 40.7 Å². The van der Waals surface area contributed by atoms with Crippen molar-refractivity contribution in [1.82, 2.24) is 4.90 Å². The van der Waals surface area contributed by atoms with Crippen molar-refractivity contribution in [2.24, 2.45) is 11.8 Å². The second-order valence-corrected chi connectivity index (χ2v) is 8.88. The summed E-state index contributed by atoms with van der Waals surface area (Å²) in [6.07, 6.45) is 8.47. The van der Waals surface area contributed by atoms with Gasteiger partial charge in [-0.3, -0.25) is 4.79 Å². The first-order chi connectivity index (χ1) is 14.3. The normalized spacial score (nSPS) is 24.0. The fourth-order valence-corrected chi connectivity index (χ4v) is 5.39. The van der Waals surface area contributed by atoms with E-state index in [1.165, 1.54) is 61.3 Å². The molecule has 1 aliphatic carbocycles. The molecular weight excluding hydrogens is 356 g/mol. The minimum atomic E-state index is 0.602. The van der Waals surface area contributed by atoms with Gasteiger partial charge >= 0.3 is 0 Å². The minimum absolute atomic E-state index is 0.602. The third-order valence-corrected chi connectivity index (χ3v) is 7.06. The molecular formula is C26H30N2O. The zero-order valence-electron chi connectivity index (χ0n) is 17.1. The summed E-state index contributed by atoms with van der Waals surface area (Å²) in [4.78, 5) is 16.2. The zero-order chi connectivity index (χ0) is 19.6. The van der Waals surface area contributed by atoms with Crippen molar-refractivity contribution in [2.75, 3.05) is 37.6 Å². The molecule has 0 amide bonds. The van der Waals surface area contributed by atoms with E-state index in [1.54, 1.807) is 0 Å². The fraction of sp³-hybridized carbons (Fsp3) is 0.423. The molecule has 0 saturated carbocycles. The molecule has 5 rings (SSSR count). The molecule has 3 heteroatoms. The van der Waals surface area contributed by atoms with Gasteiger partial charge in [-0.2, -0.15) is 0 Å². The summed E-state index contributed by atoms with van der Waals surface area (Å²) < 4.78 is 0. The maximum atomic E-state index is 11.1. The lowest BCUT2D eigenvalue weighted by molar-refractivity contribution is 0.112. The SMILES string of the molecule is O=Cc1cccc(N2CC3CC=C(c4ccc(CCN5CCCC5)cc4)C3C2)c1. The molecule has 2 unspecified atom stereocenters. The van der Waals surface area contributed by atoms with Crippen LogP contribution in [-0.2, 0) is 6.42 Å². The fourth-order valence-electron chi connectivity index (χ4n) is 5.39. The van der Waals surface area contributed by atoms with Crippen LogP contribution in [0, 0.1) is 11.8 Å². The molecule has 150 valence electrons.